The zero-order valence-corrected chi connectivity index (χ0v) is 12.5. The maximum Gasteiger partial charge on any atom is 0.239 e. The number of para-hydroxylation sites is 1. The number of anilines is 1. The normalized spacial score (nSPS) is 10.6. The molecule has 0 spiro atoms. The fourth-order valence-electron chi connectivity index (χ4n) is 2.58. The van der Waals surface area contributed by atoms with Gasteiger partial charge in [0.2, 0.25) is 5.91 Å². The van der Waals surface area contributed by atoms with Crippen LogP contribution in [0.15, 0.2) is 54.6 Å². The lowest BCUT2D eigenvalue weighted by Crippen LogP contribution is -2.29. The second-order valence-electron chi connectivity index (χ2n) is 5.09. The Balaban J connectivity index is 2.00. The lowest BCUT2D eigenvalue weighted by atomic mass is 10.1. The first-order valence-electron chi connectivity index (χ1n) is 7.46. The molecule has 0 aliphatic carbocycles. The quantitative estimate of drug-likeness (QED) is 0.675. The topological polar surface area (TPSA) is 56.9 Å². The van der Waals surface area contributed by atoms with E-state index in [2.05, 4.69) is 33.8 Å². The average molecular weight is 293 g/mol. The fourth-order valence-corrected chi connectivity index (χ4v) is 2.58. The van der Waals surface area contributed by atoms with Gasteiger partial charge in [-0.15, -0.1) is 0 Å². The second-order valence-corrected chi connectivity index (χ2v) is 5.09. The number of amides is 1. The summed E-state index contributed by atoms with van der Waals surface area (Å²) < 4.78 is 0. The number of aromatic amines is 1. The van der Waals surface area contributed by atoms with Crippen molar-refractivity contribution < 1.29 is 4.79 Å². The van der Waals surface area contributed by atoms with Gasteiger partial charge in [0.15, 0.2) is 0 Å². The summed E-state index contributed by atoms with van der Waals surface area (Å²) in [5, 5.41) is 7.17. The van der Waals surface area contributed by atoms with Gasteiger partial charge in [-0.1, -0.05) is 48.5 Å². The number of H-pyrrole nitrogens is 1. The molecule has 22 heavy (non-hydrogen) atoms. The van der Waals surface area contributed by atoms with Crippen LogP contribution in [0.2, 0.25) is 0 Å². The molecule has 4 nitrogen and oxygen atoms in total. The highest BCUT2D eigenvalue weighted by atomic mass is 16.1. The van der Waals surface area contributed by atoms with E-state index >= 15 is 0 Å². The standard InChI is InChI=1S/C18H19N3O/c1-2-19-16(22)12-20-18-14-10-6-7-11-15(14)21-17(18)13-8-4-3-5-9-13/h3-11,20-21H,2,12H2,1H3,(H,19,22). The van der Waals surface area contributed by atoms with Crippen molar-refractivity contribution in [1.82, 2.24) is 10.3 Å². The van der Waals surface area contributed by atoms with Crippen LogP contribution in [0.3, 0.4) is 0 Å². The van der Waals surface area contributed by atoms with Crippen molar-refractivity contribution in [3.8, 4) is 11.3 Å². The van der Waals surface area contributed by atoms with Gasteiger partial charge in [0.05, 0.1) is 17.9 Å². The van der Waals surface area contributed by atoms with Crippen LogP contribution in [0.25, 0.3) is 22.2 Å². The molecule has 2 aromatic carbocycles. The van der Waals surface area contributed by atoms with Gasteiger partial charge in [-0.25, -0.2) is 0 Å². The van der Waals surface area contributed by atoms with Crippen LogP contribution in [0.1, 0.15) is 6.92 Å². The van der Waals surface area contributed by atoms with Gasteiger partial charge in [0, 0.05) is 23.0 Å². The first-order chi connectivity index (χ1) is 10.8. The highest BCUT2D eigenvalue weighted by molar-refractivity contribution is 6.02. The highest BCUT2D eigenvalue weighted by Crippen LogP contribution is 2.34. The Bertz CT molecular complexity index is 777. The van der Waals surface area contributed by atoms with Crippen LogP contribution in [0.4, 0.5) is 5.69 Å². The summed E-state index contributed by atoms with van der Waals surface area (Å²) >= 11 is 0. The van der Waals surface area contributed by atoms with Crippen LogP contribution < -0.4 is 10.6 Å². The summed E-state index contributed by atoms with van der Waals surface area (Å²) in [6.45, 7) is 2.81. The van der Waals surface area contributed by atoms with Gasteiger partial charge in [-0.3, -0.25) is 4.79 Å². The van der Waals surface area contributed by atoms with E-state index < -0.39 is 0 Å². The molecule has 0 atom stereocenters. The molecule has 0 saturated carbocycles. The summed E-state index contributed by atoms with van der Waals surface area (Å²) in [5.74, 6) is -0.00760. The highest BCUT2D eigenvalue weighted by Gasteiger charge is 2.13. The molecule has 3 aromatic rings. The Morgan fingerprint density at radius 1 is 1.05 bits per heavy atom. The van der Waals surface area contributed by atoms with Crippen LogP contribution in [-0.2, 0) is 4.79 Å². The number of aromatic nitrogens is 1. The van der Waals surface area contributed by atoms with Crippen molar-refractivity contribution in [2.24, 2.45) is 0 Å². The van der Waals surface area contributed by atoms with E-state index in [1.54, 1.807) is 0 Å². The number of rotatable bonds is 5. The number of carbonyl (C=O) groups is 1. The van der Waals surface area contributed by atoms with Crippen molar-refractivity contribution in [3.63, 3.8) is 0 Å². The van der Waals surface area contributed by atoms with Gasteiger partial charge in [-0.05, 0) is 13.0 Å². The summed E-state index contributed by atoms with van der Waals surface area (Å²) in [5.41, 5.74) is 4.12. The maximum absolute atomic E-state index is 11.7. The minimum Gasteiger partial charge on any atom is -0.374 e. The molecule has 4 heteroatoms. The Morgan fingerprint density at radius 3 is 2.55 bits per heavy atom. The molecule has 112 valence electrons. The van der Waals surface area contributed by atoms with E-state index in [4.69, 9.17) is 0 Å². The van der Waals surface area contributed by atoms with Crippen molar-refractivity contribution in [2.75, 3.05) is 18.4 Å². The number of hydrogen-bond donors (Lipinski definition) is 3. The number of carbonyl (C=O) groups excluding carboxylic acids is 1. The summed E-state index contributed by atoms with van der Waals surface area (Å²) in [4.78, 5) is 15.2. The molecule has 0 radical (unpaired) electrons. The number of nitrogens with one attached hydrogen (secondary N) is 3. The molecule has 0 unspecified atom stereocenters. The predicted octanol–water partition coefficient (Wildman–Crippen LogP) is 3.38. The van der Waals surface area contributed by atoms with E-state index in [0.29, 0.717) is 6.54 Å². The lowest BCUT2D eigenvalue weighted by molar-refractivity contribution is -0.119. The molecule has 1 heterocycles. The molecule has 1 aromatic heterocycles. The van der Waals surface area contributed by atoms with Crippen molar-refractivity contribution in [3.05, 3.63) is 54.6 Å². The monoisotopic (exact) mass is 293 g/mol. The van der Waals surface area contributed by atoms with Crippen molar-refractivity contribution in [1.29, 1.82) is 0 Å². The molecule has 0 fully saturated rings. The third-order valence-electron chi connectivity index (χ3n) is 3.57. The Kier molecular flexibility index (Phi) is 4.10. The molecular weight excluding hydrogens is 274 g/mol. The molecule has 3 rings (SSSR count). The molecular formula is C18H19N3O. The number of hydrogen-bond acceptors (Lipinski definition) is 2. The molecule has 3 N–H and O–H groups in total. The Labute approximate surface area is 129 Å². The molecule has 0 saturated heterocycles. The van der Waals surface area contributed by atoms with Gasteiger partial charge < -0.3 is 15.6 Å². The van der Waals surface area contributed by atoms with Gasteiger partial charge in [0.25, 0.3) is 0 Å². The molecule has 0 bridgehead atoms. The van der Waals surface area contributed by atoms with Crippen LogP contribution in [0.5, 0.6) is 0 Å². The minimum absolute atomic E-state index is 0.00760. The predicted molar refractivity (Wildman–Crippen MR) is 90.9 cm³/mol. The number of benzene rings is 2. The summed E-state index contributed by atoms with van der Waals surface area (Å²) in [7, 11) is 0. The molecule has 1 amide bonds. The fraction of sp³-hybridized carbons (Fsp3) is 0.167. The average Bonchev–Trinajstić information content (AvgIpc) is 2.93. The van der Waals surface area contributed by atoms with Gasteiger partial charge in [0.1, 0.15) is 0 Å². The largest absolute Gasteiger partial charge is 0.374 e. The molecule has 0 aliphatic rings. The summed E-state index contributed by atoms with van der Waals surface area (Å²) in [6, 6.07) is 18.2. The van der Waals surface area contributed by atoms with Crippen molar-refractivity contribution in [2.45, 2.75) is 6.92 Å². The van der Waals surface area contributed by atoms with Crippen LogP contribution >= 0.6 is 0 Å². The second kappa shape index (κ2) is 6.35. The van der Waals surface area contributed by atoms with Crippen LogP contribution in [-0.4, -0.2) is 24.0 Å². The first-order valence-corrected chi connectivity index (χ1v) is 7.46. The Hall–Kier alpha value is -2.75. The smallest absolute Gasteiger partial charge is 0.239 e. The van der Waals surface area contributed by atoms with Crippen LogP contribution in [0, 0.1) is 0 Å². The number of likely N-dealkylation sites (N-methyl/N-ethyl adjacent to an activating group) is 1. The zero-order valence-electron chi connectivity index (χ0n) is 12.5. The van der Waals surface area contributed by atoms with Gasteiger partial charge in [-0.2, -0.15) is 0 Å². The third kappa shape index (κ3) is 2.81. The summed E-state index contributed by atoms with van der Waals surface area (Å²) in [6.07, 6.45) is 0. The van der Waals surface area contributed by atoms with E-state index in [9.17, 15) is 4.79 Å². The third-order valence-corrected chi connectivity index (χ3v) is 3.57. The van der Waals surface area contributed by atoms with Gasteiger partial charge >= 0.3 is 0 Å². The molecule has 0 aliphatic heterocycles. The van der Waals surface area contributed by atoms with E-state index in [-0.39, 0.29) is 12.5 Å². The number of fused-ring (bicyclic) bond motifs is 1. The van der Waals surface area contributed by atoms with E-state index in [1.807, 2.05) is 43.3 Å². The SMILES string of the molecule is CCNC(=O)CNc1c(-c2ccccc2)[nH]c2ccccc12. The minimum atomic E-state index is -0.00760. The first kappa shape index (κ1) is 14.2. The van der Waals surface area contributed by atoms with E-state index in [1.165, 1.54) is 0 Å². The van der Waals surface area contributed by atoms with Crippen molar-refractivity contribution >= 4 is 22.5 Å². The zero-order chi connectivity index (χ0) is 15.4. The lowest BCUT2D eigenvalue weighted by Gasteiger charge is -2.08. The Morgan fingerprint density at radius 2 is 1.77 bits per heavy atom. The maximum atomic E-state index is 11.7. The van der Waals surface area contributed by atoms with E-state index in [0.717, 1.165) is 27.8 Å².